The molecule has 2 aromatic carbocycles. The third kappa shape index (κ3) is 1.85. The third-order valence-electron chi connectivity index (χ3n) is 3.11. The fourth-order valence-corrected chi connectivity index (χ4v) is 2.14. The summed E-state index contributed by atoms with van der Waals surface area (Å²) in [5.41, 5.74) is 1.34. The van der Waals surface area contributed by atoms with Gasteiger partial charge in [0.2, 0.25) is 0 Å². The summed E-state index contributed by atoms with van der Waals surface area (Å²) >= 11 is 0. The average Bonchev–Trinajstić information content (AvgIpc) is 2.71. The van der Waals surface area contributed by atoms with Gasteiger partial charge in [-0.1, -0.05) is 24.3 Å². The normalized spacial score (nSPS) is 10.9. The van der Waals surface area contributed by atoms with Crippen LogP contribution in [0.15, 0.2) is 47.3 Å². The molecule has 3 aromatic rings. The van der Waals surface area contributed by atoms with Crippen LogP contribution in [0.5, 0.6) is 11.5 Å². The van der Waals surface area contributed by atoms with Crippen LogP contribution in [0.25, 0.3) is 11.0 Å². The smallest absolute Gasteiger partial charge is 0.326 e. The molecular formula is C14H12N2O3. The number of H-pyrrole nitrogens is 1. The Morgan fingerprint density at radius 1 is 1.00 bits per heavy atom. The van der Waals surface area contributed by atoms with Gasteiger partial charge in [-0.2, -0.15) is 0 Å². The molecule has 0 saturated heterocycles. The van der Waals surface area contributed by atoms with Gasteiger partial charge < -0.3 is 15.2 Å². The highest BCUT2D eigenvalue weighted by Crippen LogP contribution is 2.23. The lowest BCUT2D eigenvalue weighted by Crippen LogP contribution is -2.17. The molecule has 19 heavy (non-hydrogen) atoms. The molecule has 0 amide bonds. The van der Waals surface area contributed by atoms with Gasteiger partial charge in [0.05, 0.1) is 12.1 Å². The maximum atomic E-state index is 11.9. The zero-order valence-corrected chi connectivity index (χ0v) is 10.00. The molecule has 0 aliphatic rings. The molecule has 0 unspecified atom stereocenters. The summed E-state index contributed by atoms with van der Waals surface area (Å²) in [5, 5.41) is 19.4. The van der Waals surface area contributed by atoms with Crippen molar-refractivity contribution >= 4 is 11.0 Å². The van der Waals surface area contributed by atoms with E-state index in [2.05, 4.69) is 4.98 Å². The largest absolute Gasteiger partial charge is 0.508 e. The van der Waals surface area contributed by atoms with Gasteiger partial charge in [-0.15, -0.1) is 0 Å². The molecule has 0 saturated carbocycles. The minimum Gasteiger partial charge on any atom is -0.508 e. The summed E-state index contributed by atoms with van der Waals surface area (Å²) in [6.45, 7) is 0.245. The number of phenols is 2. The summed E-state index contributed by atoms with van der Waals surface area (Å²) in [6, 6.07) is 11.8. The Kier molecular flexibility index (Phi) is 2.52. The number of nitrogens with one attached hydrogen (secondary N) is 1. The van der Waals surface area contributed by atoms with Crippen LogP contribution in [0.4, 0.5) is 0 Å². The number of benzene rings is 2. The number of hydrogen-bond acceptors (Lipinski definition) is 3. The van der Waals surface area contributed by atoms with E-state index < -0.39 is 0 Å². The van der Waals surface area contributed by atoms with Gasteiger partial charge in [0.1, 0.15) is 17.0 Å². The molecular weight excluding hydrogens is 244 g/mol. The standard InChI is InChI=1S/C14H12N2O3/c17-11-6-2-1-4-9(11)8-16-10-5-3-7-12(18)13(10)15-14(16)19/h1-7,17-18H,8H2,(H,15,19). The summed E-state index contributed by atoms with van der Waals surface area (Å²) in [7, 11) is 0. The molecule has 3 N–H and O–H groups in total. The first-order valence-electron chi connectivity index (χ1n) is 5.84. The van der Waals surface area contributed by atoms with E-state index in [4.69, 9.17) is 0 Å². The van der Waals surface area contributed by atoms with Gasteiger partial charge in [-0.3, -0.25) is 4.57 Å². The van der Waals surface area contributed by atoms with E-state index in [1.54, 1.807) is 36.4 Å². The molecule has 0 spiro atoms. The van der Waals surface area contributed by atoms with E-state index in [0.717, 1.165) is 0 Å². The van der Waals surface area contributed by atoms with Gasteiger partial charge in [0, 0.05) is 5.56 Å². The quantitative estimate of drug-likeness (QED) is 0.654. The lowest BCUT2D eigenvalue weighted by atomic mass is 10.2. The van der Waals surface area contributed by atoms with Crippen molar-refractivity contribution in [1.82, 2.24) is 9.55 Å². The predicted molar refractivity (Wildman–Crippen MR) is 71.4 cm³/mol. The number of aromatic hydroxyl groups is 2. The Balaban J connectivity index is 2.16. The van der Waals surface area contributed by atoms with Crippen molar-refractivity contribution in [3.05, 3.63) is 58.5 Å². The zero-order valence-electron chi connectivity index (χ0n) is 10.00. The highest BCUT2D eigenvalue weighted by molar-refractivity contribution is 5.81. The van der Waals surface area contributed by atoms with Gasteiger partial charge in [0.15, 0.2) is 0 Å². The highest BCUT2D eigenvalue weighted by Gasteiger charge is 2.11. The van der Waals surface area contributed by atoms with Crippen molar-refractivity contribution in [2.24, 2.45) is 0 Å². The summed E-state index contributed by atoms with van der Waals surface area (Å²) in [5.74, 6) is 0.175. The number of rotatable bonds is 2. The van der Waals surface area contributed by atoms with Crippen LogP contribution in [0.2, 0.25) is 0 Å². The lowest BCUT2D eigenvalue weighted by Gasteiger charge is -2.05. The van der Waals surface area contributed by atoms with Crippen molar-refractivity contribution < 1.29 is 10.2 Å². The Hall–Kier alpha value is -2.69. The first kappa shape index (κ1) is 11.4. The summed E-state index contributed by atoms with van der Waals surface area (Å²) in [6.07, 6.45) is 0. The van der Waals surface area contributed by atoms with Crippen molar-refractivity contribution in [3.63, 3.8) is 0 Å². The molecule has 3 rings (SSSR count). The molecule has 0 aliphatic carbocycles. The van der Waals surface area contributed by atoms with Gasteiger partial charge in [0.25, 0.3) is 0 Å². The number of aromatic nitrogens is 2. The maximum Gasteiger partial charge on any atom is 0.326 e. The van der Waals surface area contributed by atoms with E-state index in [-0.39, 0.29) is 23.7 Å². The molecule has 0 aliphatic heterocycles. The second-order valence-corrected chi connectivity index (χ2v) is 4.32. The Morgan fingerprint density at radius 3 is 2.53 bits per heavy atom. The van der Waals surface area contributed by atoms with Crippen LogP contribution in [-0.4, -0.2) is 19.8 Å². The number of aromatic amines is 1. The number of imidazole rings is 1. The van der Waals surface area contributed by atoms with E-state index >= 15 is 0 Å². The van der Waals surface area contributed by atoms with Crippen LogP contribution in [0.1, 0.15) is 5.56 Å². The van der Waals surface area contributed by atoms with E-state index in [0.29, 0.717) is 16.6 Å². The number of hydrogen-bond donors (Lipinski definition) is 3. The van der Waals surface area contributed by atoms with Gasteiger partial charge >= 0.3 is 5.69 Å². The number of phenolic OH excluding ortho intramolecular Hbond substituents is 2. The number of para-hydroxylation sites is 2. The summed E-state index contributed by atoms with van der Waals surface area (Å²) < 4.78 is 1.48. The molecule has 0 radical (unpaired) electrons. The molecule has 5 nitrogen and oxygen atoms in total. The third-order valence-corrected chi connectivity index (χ3v) is 3.11. The maximum absolute atomic E-state index is 11.9. The van der Waals surface area contributed by atoms with Crippen molar-refractivity contribution in [2.45, 2.75) is 6.54 Å². The second-order valence-electron chi connectivity index (χ2n) is 4.32. The van der Waals surface area contributed by atoms with Crippen molar-refractivity contribution in [2.75, 3.05) is 0 Å². The average molecular weight is 256 g/mol. The molecule has 0 atom stereocenters. The van der Waals surface area contributed by atoms with E-state index in [9.17, 15) is 15.0 Å². The monoisotopic (exact) mass is 256 g/mol. The van der Waals surface area contributed by atoms with Gasteiger partial charge in [-0.25, -0.2) is 4.79 Å². The minimum atomic E-state index is -0.320. The van der Waals surface area contributed by atoms with Crippen LogP contribution < -0.4 is 5.69 Å². The van der Waals surface area contributed by atoms with E-state index in [1.807, 2.05) is 0 Å². The van der Waals surface area contributed by atoms with Crippen molar-refractivity contribution in [1.29, 1.82) is 0 Å². The predicted octanol–water partition coefficient (Wildman–Crippen LogP) is 1.79. The molecule has 96 valence electrons. The lowest BCUT2D eigenvalue weighted by molar-refractivity contribution is 0.466. The first-order valence-corrected chi connectivity index (χ1v) is 5.84. The molecule has 0 bridgehead atoms. The molecule has 1 heterocycles. The zero-order chi connectivity index (χ0) is 13.4. The fraction of sp³-hybridized carbons (Fsp3) is 0.0714. The SMILES string of the molecule is O=c1[nH]c2c(O)cccc2n1Cc1ccccc1O. The van der Waals surface area contributed by atoms with Crippen LogP contribution in [0.3, 0.4) is 0 Å². The molecule has 1 aromatic heterocycles. The van der Waals surface area contributed by atoms with Gasteiger partial charge in [-0.05, 0) is 18.2 Å². The van der Waals surface area contributed by atoms with Crippen LogP contribution in [-0.2, 0) is 6.54 Å². The van der Waals surface area contributed by atoms with Crippen LogP contribution >= 0.6 is 0 Å². The van der Waals surface area contributed by atoms with E-state index in [1.165, 1.54) is 10.6 Å². The molecule has 0 fully saturated rings. The Labute approximate surface area is 108 Å². The fourth-order valence-electron chi connectivity index (χ4n) is 2.14. The summed E-state index contributed by atoms with van der Waals surface area (Å²) in [4.78, 5) is 14.5. The Morgan fingerprint density at radius 2 is 1.74 bits per heavy atom. The number of fused-ring (bicyclic) bond motifs is 1. The minimum absolute atomic E-state index is 0.0330. The highest BCUT2D eigenvalue weighted by atomic mass is 16.3. The molecule has 5 heteroatoms. The Bertz CT molecular complexity index is 802. The second kappa shape index (κ2) is 4.20. The number of nitrogens with zero attached hydrogens (tertiary/aromatic N) is 1. The van der Waals surface area contributed by atoms with Crippen molar-refractivity contribution in [3.8, 4) is 11.5 Å². The first-order chi connectivity index (χ1) is 9.16. The topological polar surface area (TPSA) is 78.2 Å². The van der Waals surface area contributed by atoms with Crippen LogP contribution in [0, 0.1) is 0 Å².